The molecule has 1 heterocycles. The van der Waals surface area contributed by atoms with E-state index in [-0.39, 0.29) is 11.6 Å². The molecule has 0 aromatic carbocycles. The Kier molecular flexibility index (Phi) is 1.70. The average molecular weight is 177 g/mol. The molecule has 0 radical (unpaired) electrons. The van der Waals surface area contributed by atoms with Gasteiger partial charge < -0.3 is 5.32 Å². The number of rotatable bonds is 1. The van der Waals surface area contributed by atoms with Gasteiger partial charge in [-0.2, -0.15) is 5.10 Å². The van der Waals surface area contributed by atoms with E-state index >= 15 is 0 Å². The summed E-state index contributed by atoms with van der Waals surface area (Å²) in [4.78, 5) is 22.2. The van der Waals surface area contributed by atoms with Crippen molar-refractivity contribution in [1.29, 1.82) is 0 Å². The molecular formula is C8H7N3O2. The third-order valence-electron chi connectivity index (χ3n) is 1.73. The lowest BCUT2D eigenvalue weighted by Gasteiger charge is -2.05. The molecule has 0 unspecified atom stereocenters. The van der Waals surface area contributed by atoms with Crippen LogP contribution < -0.4 is 10.7 Å². The van der Waals surface area contributed by atoms with Crippen molar-refractivity contribution >= 4 is 17.4 Å². The normalized spacial score (nSPS) is 20.6. The van der Waals surface area contributed by atoms with Crippen LogP contribution in [-0.2, 0) is 9.59 Å². The first-order valence-corrected chi connectivity index (χ1v) is 3.80. The zero-order valence-corrected chi connectivity index (χ0v) is 6.70. The van der Waals surface area contributed by atoms with Crippen LogP contribution in [0.15, 0.2) is 28.9 Å². The molecule has 1 aliphatic heterocycles. The third kappa shape index (κ3) is 1.35. The van der Waals surface area contributed by atoms with Gasteiger partial charge in [-0.25, -0.2) is 0 Å². The topological polar surface area (TPSA) is 70.6 Å². The summed E-state index contributed by atoms with van der Waals surface area (Å²) in [7, 11) is 0. The van der Waals surface area contributed by atoms with Crippen LogP contribution >= 0.6 is 0 Å². The van der Waals surface area contributed by atoms with Crippen molar-refractivity contribution in [3.63, 3.8) is 0 Å². The number of hydrazone groups is 1. The summed E-state index contributed by atoms with van der Waals surface area (Å²) in [6, 6.07) is 0. The number of carbonyl (C=O) groups is 2. The summed E-state index contributed by atoms with van der Waals surface area (Å²) in [6.45, 7) is 0.484. The quantitative estimate of drug-likeness (QED) is 0.508. The monoisotopic (exact) mass is 177 g/mol. The molecule has 0 aromatic rings. The van der Waals surface area contributed by atoms with Gasteiger partial charge in [-0.3, -0.25) is 15.0 Å². The first kappa shape index (κ1) is 7.72. The molecule has 66 valence electrons. The second-order valence-electron chi connectivity index (χ2n) is 2.63. The van der Waals surface area contributed by atoms with Gasteiger partial charge in [-0.1, -0.05) is 0 Å². The lowest BCUT2D eigenvalue weighted by Crippen LogP contribution is -2.26. The van der Waals surface area contributed by atoms with E-state index in [4.69, 9.17) is 0 Å². The van der Waals surface area contributed by atoms with E-state index in [1.807, 2.05) is 0 Å². The van der Waals surface area contributed by atoms with E-state index in [1.165, 1.54) is 18.2 Å². The standard InChI is InChI=1S/C8H7N3O2/c12-5-1-2-7(13)6(3-5)8-9-4-10-11-8/h1-3,10H,4H2,(H,9,11). The molecule has 2 N–H and O–H groups in total. The highest BCUT2D eigenvalue weighted by molar-refractivity contribution is 6.31. The fourth-order valence-corrected chi connectivity index (χ4v) is 1.13. The van der Waals surface area contributed by atoms with E-state index in [0.29, 0.717) is 18.1 Å². The highest BCUT2D eigenvalue weighted by atomic mass is 16.1. The summed E-state index contributed by atoms with van der Waals surface area (Å²) in [6.07, 6.45) is 3.77. The molecule has 0 aromatic heterocycles. The molecule has 5 nitrogen and oxygen atoms in total. The van der Waals surface area contributed by atoms with Gasteiger partial charge in [-0.15, -0.1) is 0 Å². The third-order valence-corrected chi connectivity index (χ3v) is 1.73. The Morgan fingerprint density at radius 3 is 2.85 bits per heavy atom. The molecule has 0 fully saturated rings. The van der Waals surface area contributed by atoms with Gasteiger partial charge in [-0.05, 0) is 12.2 Å². The first-order valence-electron chi connectivity index (χ1n) is 3.80. The van der Waals surface area contributed by atoms with E-state index < -0.39 is 0 Å². The fraction of sp³-hybridized carbons (Fsp3) is 0.125. The average Bonchev–Trinajstić information content (AvgIpc) is 2.61. The minimum Gasteiger partial charge on any atom is -0.349 e. The SMILES string of the molecule is O=C1C=CC(=O)C(C2=NNCN2)=C1. The van der Waals surface area contributed by atoms with Crippen molar-refractivity contribution in [2.45, 2.75) is 0 Å². The largest absolute Gasteiger partial charge is 0.349 e. The number of amidine groups is 1. The first-order chi connectivity index (χ1) is 6.27. The fourth-order valence-electron chi connectivity index (χ4n) is 1.13. The van der Waals surface area contributed by atoms with Crippen molar-refractivity contribution in [2.24, 2.45) is 5.10 Å². The second-order valence-corrected chi connectivity index (χ2v) is 2.63. The van der Waals surface area contributed by atoms with Gasteiger partial charge in [0, 0.05) is 6.08 Å². The van der Waals surface area contributed by atoms with Crippen LogP contribution in [0.25, 0.3) is 0 Å². The lowest BCUT2D eigenvalue weighted by atomic mass is 10.0. The second kappa shape index (κ2) is 2.85. The van der Waals surface area contributed by atoms with Crippen molar-refractivity contribution < 1.29 is 9.59 Å². The van der Waals surface area contributed by atoms with Crippen molar-refractivity contribution in [3.8, 4) is 0 Å². The van der Waals surface area contributed by atoms with Crippen LogP contribution in [0, 0.1) is 0 Å². The van der Waals surface area contributed by atoms with Gasteiger partial charge in [0.2, 0.25) is 0 Å². The van der Waals surface area contributed by atoms with E-state index in [9.17, 15) is 9.59 Å². The Balaban J connectivity index is 2.31. The number of carbonyl (C=O) groups excluding carboxylic acids is 2. The smallest absolute Gasteiger partial charge is 0.189 e. The molecule has 2 rings (SSSR count). The highest BCUT2D eigenvalue weighted by Gasteiger charge is 2.20. The molecular weight excluding hydrogens is 170 g/mol. The van der Waals surface area contributed by atoms with E-state index in [0.717, 1.165) is 0 Å². The molecule has 0 saturated heterocycles. The van der Waals surface area contributed by atoms with Crippen LogP contribution in [0.1, 0.15) is 0 Å². The Morgan fingerprint density at radius 1 is 1.31 bits per heavy atom. The number of ketones is 2. The van der Waals surface area contributed by atoms with E-state index in [1.54, 1.807) is 0 Å². The van der Waals surface area contributed by atoms with Crippen molar-refractivity contribution in [3.05, 3.63) is 23.8 Å². The molecule has 2 aliphatic rings. The minimum atomic E-state index is -0.199. The Bertz CT molecular complexity index is 366. The molecule has 5 heteroatoms. The number of nitrogens with zero attached hydrogens (tertiary/aromatic N) is 1. The number of nitrogens with one attached hydrogen (secondary N) is 2. The minimum absolute atomic E-state index is 0.189. The van der Waals surface area contributed by atoms with Gasteiger partial charge in [0.25, 0.3) is 0 Å². The number of hydrogen-bond acceptors (Lipinski definition) is 5. The zero-order chi connectivity index (χ0) is 9.26. The predicted octanol–water partition coefficient (Wildman–Crippen LogP) is -0.915. The highest BCUT2D eigenvalue weighted by Crippen LogP contribution is 2.07. The van der Waals surface area contributed by atoms with E-state index in [2.05, 4.69) is 15.8 Å². The molecule has 0 spiro atoms. The van der Waals surface area contributed by atoms with Gasteiger partial charge >= 0.3 is 0 Å². The summed E-state index contributed by atoms with van der Waals surface area (Å²) in [5, 5.41) is 6.67. The summed E-state index contributed by atoms with van der Waals surface area (Å²) in [5.41, 5.74) is 2.97. The van der Waals surface area contributed by atoms with Crippen LogP contribution in [0.4, 0.5) is 0 Å². The Labute approximate surface area is 74.2 Å². The van der Waals surface area contributed by atoms with Crippen LogP contribution in [-0.4, -0.2) is 24.1 Å². The van der Waals surface area contributed by atoms with Gasteiger partial charge in [0.1, 0.15) is 6.67 Å². The molecule has 0 saturated carbocycles. The molecule has 13 heavy (non-hydrogen) atoms. The maximum absolute atomic E-state index is 11.3. The maximum Gasteiger partial charge on any atom is 0.189 e. The summed E-state index contributed by atoms with van der Waals surface area (Å²) in [5.74, 6) is 0.0447. The predicted molar refractivity (Wildman–Crippen MR) is 45.8 cm³/mol. The summed E-state index contributed by atoms with van der Waals surface area (Å²) < 4.78 is 0. The Morgan fingerprint density at radius 2 is 2.15 bits per heavy atom. The number of hydrogen-bond donors (Lipinski definition) is 2. The van der Waals surface area contributed by atoms with Gasteiger partial charge in [0.05, 0.1) is 5.57 Å². The lowest BCUT2D eigenvalue weighted by molar-refractivity contribution is -0.114. The summed E-state index contributed by atoms with van der Waals surface area (Å²) >= 11 is 0. The van der Waals surface area contributed by atoms with Crippen molar-refractivity contribution in [1.82, 2.24) is 10.7 Å². The van der Waals surface area contributed by atoms with Crippen LogP contribution in [0.2, 0.25) is 0 Å². The molecule has 0 atom stereocenters. The molecule has 1 aliphatic carbocycles. The van der Waals surface area contributed by atoms with Crippen molar-refractivity contribution in [2.75, 3.05) is 6.67 Å². The van der Waals surface area contributed by atoms with Crippen LogP contribution in [0.5, 0.6) is 0 Å². The van der Waals surface area contributed by atoms with Crippen LogP contribution in [0.3, 0.4) is 0 Å². The number of allylic oxidation sites excluding steroid dienone is 3. The maximum atomic E-state index is 11.3. The Hall–Kier alpha value is -1.91. The molecule has 0 bridgehead atoms. The van der Waals surface area contributed by atoms with Gasteiger partial charge in [0.15, 0.2) is 17.4 Å². The zero-order valence-electron chi connectivity index (χ0n) is 6.70. The molecule has 0 amide bonds.